The molecule has 0 spiro atoms. The average Bonchev–Trinajstić information content (AvgIpc) is 2.49. The second kappa shape index (κ2) is 5.69. The summed E-state index contributed by atoms with van der Waals surface area (Å²) in [5.41, 5.74) is 0.954. The lowest BCUT2D eigenvalue weighted by molar-refractivity contribution is 0.272. The zero-order valence-corrected chi connectivity index (χ0v) is 12.7. The van der Waals surface area contributed by atoms with Crippen LogP contribution in [0.3, 0.4) is 0 Å². The minimum absolute atomic E-state index is 0.0359. The lowest BCUT2D eigenvalue weighted by atomic mass is 10.1. The maximum atomic E-state index is 12.4. The maximum absolute atomic E-state index is 12.4. The van der Waals surface area contributed by atoms with Crippen LogP contribution < -0.4 is 16.6 Å². The van der Waals surface area contributed by atoms with E-state index in [1.807, 2.05) is 13.8 Å². The third kappa shape index (κ3) is 2.44. The van der Waals surface area contributed by atoms with E-state index in [1.165, 1.54) is 11.6 Å². The highest BCUT2D eigenvalue weighted by Gasteiger charge is 2.17. The molecule has 0 amide bonds. The number of aryl methyl sites for hydroxylation is 2. The van der Waals surface area contributed by atoms with Gasteiger partial charge in [0.2, 0.25) is 0 Å². The van der Waals surface area contributed by atoms with Crippen LogP contribution in [0.15, 0.2) is 15.8 Å². The molecule has 0 aliphatic heterocycles. The third-order valence-corrected chi connectivity index (χ3v) is 3.72. The van der Waals surface area contributed by atoms with E-state index in [0.29, 0.717) is 23.1 Å². The fraction of sp³-hybridized carbons (Fsp3) is 0.500. The van der Waals surface area contributed by atoms with Crippen molar-refractivity contribution in [2.45, 2.75) is 26.3 Å². The summed E-state index contributed by atoms with van der Waals surface area (Å²) in [6.45, 7) is 3.75. The molecule has 7 heteroatoms. The van der Waals surface area contributed by atoms with Crippen LogP contribution in [-0.4, -0.2) is 31.9 Å². The summed E-state index contributed by atoms with van der Waals surface area (Å²) < 4.78 is 2.41. The first kappa shape index (κ1) is 15.2. The summed E-state index contributed by atoms with van der Waals surface area (Å²) >= 11 is 0. The van der Waals surface area contributed by atoms with Gasteiger partial charge in [-0.3, -0.25) is 13.9 Å². The molecule has 114 valence electrons. The molecule has 2 aromatic rings. The molecule has 2 heterocycles. The predicted octanol–water partition coefficient (Wildman–Crippen LogP) is 0.123. The Labute approximate surface area is 121 Å². The number of nitrogens with zero attached hydrogens (tertiary/aromatic N) is 3. The van der Waals surface area contributed by atoms with E-state index in [0.717, 1.165) is 10.1 Å². The topological polar surface area (TPSA) is 89.2 Å². The second-order valence-electron chi connectivity index (χ2n) is 5.15. The van der Waals surface area contributed by atoms with Gasteiger partial charge in [0.25, 0.3) is 5.56 Å². The summed E-state index contributed by atoms with van der Waals surface area (Å²) in [4.78, 5) is 28.6. The van der Waals surface area contributed by atoms with Crippen molar-refractivity contribution in [3.8, 4) is 0 Å². The first-order valence-corrected chi connectivity index (χ1v) is 6.85. The Balaban J connectivity index is 2.84. The molecule has 0 bridgehead atoms. The highest BCUT2D eigenvalue weighted by atomic mass is 16.3. The van der Waals surface area contributed by atoms with E-state index in [2.05, 4.69) is 10.3 Å². The number of anilines is 1. The van der Waals surface area contributed by atoms with Gasteiger partial charge in [0.1, 0.15) is 5.39 Å². The molecule has 0 saturated carbocycles. The zero-order chi connectivity index (χ0) is 15.7. The van der Waals surface area contributed by atoms with Gasteiger partial charge in [-0.1, -0.05) is 6.92 Å². The van der Waals surface area contributed by atoms with Crippen LogP contribution in [0.4, 0.5) is 5.69 Å². The van der Waals surface area contributed by atoms with Gasteiger partial charge in [-0.25, -0.2) is 9.78 Å². The summed E-state index contributed by atoms with van der Waals surface area (Å²) in [6.07, 6.45) is 2.33. The van der Waals surface area contributed by atoms with Crippen molar-refractivity contribution < 1.29 is 5.11 Å². The predicted molar refractivity (Wildman–Crippen MR) is 81.7 cm³/mol. The number of fused-ring (bicyclic) bond motifs is 1. The Morgan fingerprint density at radius 2 is 2.00 bits per heavy atom. The Morgan fingerprint density at radius 3 is 2.57 bits per heavy atom. The standard InChI is InChI=1S/C14H20N4O3/c1-5-9(7-19)16-11-8(2)6-15-12-10(11)13(20)18(4)14(21)17(12)3/h6,9,19H,5,7H2,1-4H3,(H,15,16)/t9-/m1/s1. The van der Waals surface area contributed by atoms with Crippen LogP contribution in [-0.2, 0) is 14.1 Å². The van der Waals surface area contributed by atoms with Crippen molar-refractivity contribution in [2.75, 3.05) is 11.9 Å². The van der Waals surface area contributed by atoms with Crippen LogP contribution >= 0.6 is 0 Å². The molecule has 0 aliphatic carbocycles. The maximum Gasteiger partial charge on any atom is 0.332 e. The molecule has 2 aromatic heterocycles. The third-order valence-electron chi connectivity index (χ3n) is 3.72. The molecule has 0 saturated heterocycles. The molecule has 7 nitrogen and oxygen atoms in total. The van der Waals surface area contributed by atoms with Crippen molar-refractivity contribution in [3.63, 3.8) is 0 Å². The van der Waals surface area contributed by atoms with Crippen molar-refractivity contribution in [1.82, 2.24) is 14.1 Å². The summed E-state index contributed by atoms with van der Waals surface area (Å²) in [5, 5.41) is 12.9. The van der Waals surface area contributed by atoms with Crippen molar-refractivity contribution >= 4 is 16.7 Å². The molecular weight excluding hydrogens is 272 g/mol. The molecule has 2 rings (SSSR count). The Morgan fingerprint density at radius 1 is 1.33 bits per heavy atom. The lowest BCUT2D eigenvalue weighted by Crippen LogP contribution is -2.38. The van der Waals surface area contributed by atoms with E-state index in [9.17, 15) is 14.7 Å². The molecule has 0 aliphatic rings. The van der Waals surface area contributed by atoms with Crippen LogP contribution in [0.2, 0.25) is 0 Å². The summed E-state index contributed by atoms with van der Waals surface area (Å²) in [5.74, 6) is 0. The molecule has 0 aromatic carbocycles. The van der Waals surface area contributed by atoms with Gasteiger partial charge >= 0.3 is 5.69 Å². The molecule has 0 radical (unpaired) electrons. The molecule has 2 N–H and O–H groups in total. The van der Waals surface area contributed by atoms with E-state index in [-0.39, 0.29) is 18.2 Å². The fourth-order valence-electron chi connectivity index (χ4n) is 2.29. The van der Waals surface area contributed by atoms with Gasteiger partial charge in [0.15, 0.2) is 5.65 Å². The Hall–Kier alpha value is -2.15. The van der Waals surface area contributed by atoms with Gasteiger partial charge in [0.05, 0.1) is 12.3 Å². The Kier molecular flexibility index (Phi) is 4.13. The number of hydrogen-bond acceptors (Lipinski definition) is 5. The van der Waals surface area contributed by atoms with Gasteiger partial charge in [-0.2, -0.15) is 0 Å². The van der Waals surface area contributed by atoms with E-state index >= 15 is 0 Å². The van der Waals surface area contributed by atoms with E-state index in [4.69, 9.17) is 0 Å². The van der Waals surface area contributed by atoms with Crippen LogP contribution in [0.25, 0.3) is 11.0 Å². The highest BCUT2D eigenvalue weighted by molar-refractivity contribution is 5.90. The van der Waals surface area contributed by atoms with Crippen molar-refractivity contribution in [1.29, 1.82) is 0 Å². The smallest absolute Gasteiger partial charge is 0.332 e. The van der Waals surface area contributed by atoms with Crippen LogP contribution in [0.1, 0.15) is 18.9 Å². The number of rotatable bonds is 4. The van der Waals surface area contributed by atoms with Gasteiger partial charge < -0.3 is 10.4 Å². The van der Waals surface area contributed by atoms with Crippen molar-refractivity contribution in [3.05, 3.63) is 32.6 Å². The molecule has 21 heavy (non-hydrogen) atoms. The molecule has 0 fully saturated rings. The number of aromatic nitrogens is 3. The lowest BCUT2D eigenvalue weighted by Gasteiger charge is -2.19. The van der Waals surface area contributed by atoms with Gasteiger partial charge in [-0.15, -0.1) is 0 Å². The first-order valence-electron chi connectivity index (χ1n) is 6.85. The van der Waals surface area contributed by atoms with E-state index in [1.54, 1.807) is 13.2 Å². The molecular formula is C14H20N4O3. The quantitative estimate of drug-likeness (QED) is 0.835. The number of nitrogens with one attached hydrogen (secondary N) is 1. The SMILES string of the molecule is CC[C@H](CO)Nc1c(C)cnc2c1c(=O)n(C)c(=O)n2C. The first-order chi connectivity index (χ1) is 9.92. The normalized spacial score (nSPS) is 12.6. The highest BCUT2D eigenvalue weighted by Crippen LogP contribution is 2.22. The average molecular weight is 292 g/mol. The number of hydrogen-bond donors (Lipinski definition) is 2. The van der Waals surface area contributed by atoms with E-state index < -0.39 is 5.69 Å². The van der Waals surface area contributed by atoms with Gasteiger partial charge in [-0.05, 0) is 18.9 Å². The zero-order valence-electron chi connectivity index (χ0n) is 12.7. The molecule has 1 atom stereocenters. The summed E-state index contributed by atoms with van der Waals surface area (Å²) in [7, 11) is 3.03. The minimum Gasteiger partial charge on any atom is -0.394 e. The summed E-state index contributed by atoms with van der Waals surface area (Å²) in [6, 6.07) is -0.156. The monoisotopic (exact) mass is 292 g/mol. The van der Waals surface area contributed by atoms with Gasteiger partial charge in [0, 0.05) is 26.3 Å². The second-order valence-corrected chi connectivity index (χ2v) is 5.15. The van der Waals surface area contributed by atoms with Crippen molar-refractivity contribution in [2.24, 2.45) is 14.1 Å². The minimum atomic E-state index is -0.413. The number of pyridine rings is 1. The largest absolute Gasteiger partial charge is 0.394 e. The van der Waals surface area contributed by atoms with Crippen LogP contribution in [0, 0.1) is 6.92 Å². The van der Waals surface area contributed by atoms with Crippen LogP contribution in [0.5, 0.6) is 0 Å². The Bertz CT molecular complexity index is 787. The molecule has 0 unspecified atom stereocenters. The number of aliphatic hydroxyl groups excluding tert-OH is 1. The number of aliphatic hydroxyl groups is 1. The fourth-order valence-corrected chi connectivity index (χ4v) is 2.29.